The number of nitrogens with zero attached hydrogens (tertiary/aromatic N) is 4. The van der Waals surface area contributed by atoms with Crippen molar-refractivity contribution in [1.29, 1.82) is 0 Å². The molecule has 3 rings (SSSR count). The van der Waals surface area contributed by atoms with Crippen LogP contribution < -0.4 is 9.80 Å². The highest BCUT2D eigenvalue weighted by Gasteiger charge is 2.39. The van der Waals surface area contributed by atoms with Crippen molar-refractivity contribution < 1.29 is 4.79 Å². The minimum Gasteiger partial charge on any atom is -0.344 e. The van der Waals surface area contributed by atoms with Gasteiger partial charge in [-0.2, -0.15) is 0 Å². The van der Waals surface area contributed by atoms with E-state index in [1.54, 1.807) is 12.5 Å². The lowest BCUT2D eigenvalue weighted by Gasteiger charge is -2.35. The molecular weight excluding hydrogens is 228 g/mol. The number of aromatic nitrogens is 2. The molecule has 5 heteroatoms. The van der Waals surface area contributed by atoms with Crippen LogP contribution in [0, 0.1) is 0 Å². The van der Waals surface area contributed by atoms with Crippen LogP contribution in [-0.4, -0.2) is 35.5 Å². The molecule has 5 nitrogen and oxygen atoms in total. The van der Waals surface area contributed by atoms with Gasteiger partial charge in [-0.3, -0.25) is 4.79 Å². The molecular formula is C13H18N4O. The Bertz CT molecular complexity index is 444. The van der Waals surface area contributed by atoms with E-state index in [1.165, 1.54) is 19.3 Å². The zero-order valence-electron chi connectivity index (χ0n) is 10.6. The number of hydrogen-bond acceptors (Lipinski definition) is 5. The first-order chi connectivity index (χ1) is 8.83. The Morgan fingerprint density at radius 1 is 1.33 bits per heavy atom. The quantitative estimate of drug-likeness (QED) is 0.742. The van der Waals surface area contributed by atoms with Crippen LogP contribution in [-0.2, 0) is 4.79 Å². The Kier molecular flexibility index (Phi) is 2.89. The van der Waals surface area contributed by atoms with E-state index in [-0.39, 0.29) is 6.17 Å². The predicted octanol–water partition coefficient (Wildman–Crippen LogP) is 1.59. The zero-order chi connectivity index (χ0) is 12.5. The van der Waals surface area contributed by atoms with E-state index in [0.29, 0.717) is 6.04 Å². The van der Waals surface area contributed by atoms with Gasteiger partial charge >= 0.3 is 0 Å². The molecule has 1 aliphatic carbocycles. The monoisotopic (exact) mass is 246 g/mol. The highest BCUT2D eigenvalue weighted by Crippen LogP contribution is 2.39. The van der Waals surface area contributed by atoms with Gasteiger partial charge in [-0.1, -0.05) is 19.3 Å². The first kappa shape index (κ1) is 11.4. The maximum Gasteiger partial charge on any atom is 0.163 e. The van der Waals surface area contributed by atoms with Gasteiger partial charge in [0.25, 0.3) is 0 Å². The molecule has 1 aromatic heterocycles. The van der Waals surface area contributed by atoms with Crippen molar-refractivity contribution in [2.24, 2.45) is 0 Å². The van der Waals surface area contributed by atoms with Gasteiger partial charge in [0.2, 0.25) is 0 Å². The molecule has 1 aromatic rings. The molecule has 0 N–H and O–H groups in total. The van der Waals surface area contributed by atoms with Gasteiger partial charge in [0.1, 0.15) is 12.0 Å². The Balaban J connectivity index is 1.97. The molecule has 1 atom stereocenters. The van der Waals surface area contributed by atoms with Crippen molar-refractivity contribution in [3.8, 4) is 0 Å². The van der Waals surface area contributed by atoms with Crippen LogP contribution in [0.2, 0.25) is 0 Å². The van der Waals surface area contributed by atoms with E-state index in [9.17, 15) is 4.79 Å². The molecule has 0 aromatic carbocycles. The normalized spacial score (nSPS) is 24.2. The molecule has 2 aliphatic rings. The second-order valence-electron chi connectivity index (χ2n) is 5.09. The third kappa shape index (κ3) is 1.65. The Hall–Kier alpha value is -1.65. The summed E-state index contributed by atoms with van der Waals surface area (Å²) >= 11 is 0. The SMILES string of the molecule is CN1c2cncnc2N(C2CCCCC2)C1C=O. The maximum atomic E-state index is 11.4. The maximum absolute atomic E-state index is 11.4. The molecule has 2 heterocycles. The smallest absolute Gasteiger partial charge is 0.163 e. The highest BCUT2D eigenvalue weighted by molar-refractivity contribution is 5.83. The molecule has 0 spiro atoms. The first-order valence-electron chi connectivity index (χ1n) is 6.59. The molecule has 0 radical (unpaired) electrons. The summed E-state index contributed by atoms with van der Waals surface area (Å²) in [7, 11) is 1.93. The average Bonchev–Trinajstić information content (AvgIpc) is 2.73. The van der Waals surface area contributed by atoms with Crippen LogP contribution in [0.15, 0.2) is 12.5 Å². The van der Waals surface area contributed by atoms with Crippen molar-refractivity contribution in [3.05, 3.63) is 12.5 Å². The van der Waals surface area contributed by atoms with Crippen molar-refractivity contribution in [1.82, 2.24) is 9.97 Å². The van der Waals surface area contributed by atoms with Gasteiger partial charge < -0.3 is 9.80 Å². The number of carbonyl (C=O) groups is 1. The number of rotatable bonds is 2. The molecule has 1 saturated carbocycles. The van der Waals surface area contributed by atoms with E-state index >= 15 is 0 Å². The zero-order valence-corrected chi connectivity index (χ0v) is 10.6. The largest absolute Gasteiger partial charge is 0.344 e. The third-order valence-corrected chi connectivity index (χ3v) is 4.07. The summed E-state index contributed by atoms with van der Waals surface area (Å²) in [6.45, 7) is 0. The number of likely N-dealkylation sites (N-methyl/N-ethyl adjacent to an activating group) is 1. The topological polar surface area (TPSA) is 49.3 Å². The second-order valence-corrected chi connectivity index (χ2v) is 5.09. The predicted molar refractivity (Wildman–Crippen MR) is 69.6 cm³/mol. The summed E-state index contributed by atoms with van der Waals surface area (Å²) in [5.41, 5.74) is 0.958. The Morgan fingerprint density at radius 2 is 2.11 bits per heavy atom. The summed E-state index contributed by atoms with van der Waals surface area (Å²) in [6.07, 6.45) is 10.3. The fraction of sp³-hybridized carbons (Fsp3) is 0.615. The van der Waals surface area contributed by atoms with E-state index < -0.39 is 0 Å². The minimum atomic E-state index is -0.222. The number of carbonyl (C=O) groups excluding carboxylic acids is 1. The van der Waals surface area contributed by atoms with Gasteiger partial charge in [0.05, 0.1) is 6.20 Å². The molecule has 1 fully saturated rings. The lowest BCUT2D eigenvalue weighted by atomic mass is 9.94. The number of anilines is 2. The fourth-order valence-corrected chi connectivity index (χ4v) is 3.12. The van der Waals surface area contributed by atoms with Gasteiger partial charge in [0.15, 0.2) is 18.3 Å². The summed E-state index contributed by atoms with van der Waals surface area (Å²) in [6, 6.07) is 0.438. The first-order valence-corrected chi connectivity index (χ1v) is 6.59. The van der Waals surface area contributed by atoms with Gasteiger partial charge in [-0.05, 0) is 12.8 Å². The lowest BCUT2D eigenvalue weighted by Crippen LogP contribution is -2.48. The number of fused-ring (bicyclic) bond motifs is 1. The van der Waals surface area contributed by atoms with E-state index in [0.717, 1.165) is 30.6 Å². The van der Waals surface area contributed by atoms with E-state index in [4.69, 9.17) is 0 Å². The van der Waals surface area contributed by atoms with Gasteiger partial charge in [-0.25, -0.2) is 9.97 Å². The number of aldehydes is 1. The summed E-state index contributed by atoms with van der Waals surface area (Å²) < 4.78 is 0. The molecule has 1 unspecified atom stereocenters. The average molecular weight is 246 g/mol. The molecule has 96 valence electrons. The van der Waals surface area contributed by atoms with Crippen LogP contribution in [0.5, 0.6) is 0 Å². The van der Waals surface area contributed by atoms with Crippen LogP contribution in [0.4, 0.5) is 11.5 Å². The lowest BCUT2D eigenvalue weighted by molar-refractivity contribution is -0.108. The summed E-state index contributed by atoms with van der Waals surface area (Å²) in [5, 5.41) is 0. The van der Waals surface area contributed by atoms with Crippen LogP contribution in [0.25, 0.3) is 0 Å². The minimum absolute atomic E-state index is 0.222. The molecule has 0 bridgehead atoms. The summed E-state index contributed by atoms with van der Waals surface area (Å²) in [4.78, 5) is 24.0. The second kappa shape index (κ2) is 4.55. The molecule has 0 saturated heterocycles. The Labute approximate surface area is 107 Å². The van der Waals surface area contributed by atoms with E-state index in [1.807, 2.05) is 11.9 Å². The van der Waals surface area contributed by atoms with Crippen molar-refractivity contribution >= 4 is 17.8 Å². The molecule has 0 amide bonds. The van der Waals surface area contributed by atoms with Crippen LogP contribution in [0.3, 0.4) is 0 Å². The van der Waals surface area contributed by atoms with Crippen LogP contribution >= 0.6 is 0 Å². The Morgan fingerprint density at radius 3 is 2.83 bits per heavy atom. The van der Waals surface area contributed by atoms with Crippen molar-refractivity contribution in [3.63, 3.8) is 0 Å². The molecule has 1 aliphatic heterocycles. The standard InChI is InChI=1S/C13H18N4O/c1-16-11-7-14-9-15-13(11)17(12(16)8-18)10-5-3-2-4-6-10/h7-10,12H,2-6H2,1H3. The fourth-order valence-electron chi connectivity index (χ4n) is 3.12. The van der Waals surface area contributed by atoms with Crippen LogP contribution in [0.1, 0.15) is 32.1 Å². The molecule has 18 heavy (non-hydrogen) atoms. The van der Waals surface area contributed by atoms with Gasteiger partial charge in [-0.15, -0.1) is 0 Å². The number of hydrogen-bond donors (Lipinski definition) is 0. The van der Waals surface area contributed by atoms with Crippen molar-refractivity contribution in [2.75, 3.05) is 16.8 Å². The highest BCUT2D eigenvalue weighted by atomic mass is 16.1. The van der Waals surface area contributed by atoms with E-state index in [2.05, 4.69) is 14.9 Å². The van der Waals surface area contributed by atoms with Gasteiger partial charge in [0, 0.05) is 13.1 Å². The third-order valence-electron chi connectivity index (χ3n) is 4.07. The van der Waals surface area contributed by atoms with Crippen molar-refractivity contribution in [2.45, 2.75) is 44.3 Å². The summed E-state index contributed by atoms with van der Waals surface area (Å²) in [5.74, 6) is 0.913.